The topological polar surface area (TPSA) is 29.3 Å². The minimum absolute atomic E-state index is 0.447. The zero-order valence-electron chi connectivity index (χ0n) is 13.2. The van der Waals surface area contributed by atoms with Crippen LogP contribution in [0.3, 0.4) is 0 Å². The Kier molecular flexibility index (Phi) is 3.38. The third-order valence-corrected chi connectivity index (χ3v) is 7.27. The van der Waals surface area contributed by atoms with Gasteiger partial charge in [-0.25, -0.2) is 0 Å². The molecule has 4 saturated carbocycles. The van der Waals surface area contributed by atoms with Gasteiger partial charge in [-0.2, -0.15) is 0 Å². The highest BCUT2D eigenvalue weighted by molar-refractivity contribution is 5.06. The molecule has 1 saturated heterocycles. The van der Waals surface area contributed by atoms with Crippen LogP contribution in [0.4, 0.5) is 0 Å². The number of nitrogens with two attached hydrogens (primary N) is 1. The fourth-order valence-electron chi connectivity index (χ4n) is 6.68. The summed E-state index contributed by atoms with van der Waals surface area (Å²) in [6, 6.07) is 1.28. The van der Waals surface area contributed by atoms with Crippen molar-refractivity contribution in [3.63, 3.8) is 0 Å². The lowest BCUT2D eigenvalue weighted by molar-refractivity contribution is -0.0719. The molecule has 4 aliphatic carbocycles. The maximum Gasteiger partial charge on any atom is 0.0225 e. The number of nitrogens with zero attached hydrogens (tertiary/aromatic N) is 1. The molecule has 2 atom stereocenters. The van der Waals surface area contributed by atoms with Crippen molar-refractivity contribution in [1.29, 1.82) is 0 Å². The van der Waals surface area contributed by atoms with Crippen LogP contribution in [-0.4, -0.2) is 30.1 Å². The Morgan fingerprint density at radius 1 is 1.10 bits per heavy atom. The van der Waals surface area contributed by atoms with Gasteiger partial charge in [-0.1, -0.05) is 6.92 Å². The SMILES string of the molecule is CCC1CCCN1CC(N)C12CC3CC(CC(C3)C1)C2. The molecule has 5 aliphatic rings. The second-order valence-electron chi connectivity index (χ2n) is 8.59. The third-order valence-electron chi connectivity index (χ3n) is 7.27. The third kappa shape index (κ3) is 2.14. The number of rotatable bonds is 4. The van der Waals surface area contributed by atoms with Crippen molar-refractivity contribution in [1.82, 2.24) is 4.90 Å². The van der Waals surface area contributed by atoms with E-state index in [-0.39, 0.29) is 0 Å². The smallest absolute Gasteiger partial charge is 0.0225 e. The molecule has 0 aromatic heterocycles. The Labute approximate surface area is 124 Å². The molecule has 114 valence electrons. The molecule has 2 heteroatoms. The molecule has 1 aliphatic heterocycles. The molecular weight excluding hydrogens is 244 g/mol. The standard InChI is InChI=1S/C18H32N2/c1-2-16-4-3-5-20(16)12-17(19)18-9-13-6-14(10-18)8-15(7-13)11-18/h13-17H,2-12,19H2,1H3. The van der Waals surface area contributed by atoms with Gasteiger partial charge in [0.2, 0.25) is 0 Å². The van der Waals surface area contributed by atoms with Crippen LogP contribution in [0, 0.1) is 23.2 Å². The molecule has 1 heterocycles. The molecule has 2 nitrogen and oxygen atoms in total. The van der Waals surface area contributed by atoms with Gasteiger partial charge < -0.3 is 5.73 Å². The van der Waals surface area contributed by atoms with Gasteiger partial charge in [0.05, 0.1) is 0 Å². The zero-order chi connectivity index (χ0) is 13.7. The van der Waals surface area contributed by atoms with E-state index in [1.54, 1.807) is 0 Å². The van der Waals surface area contributed by atoms with Crippen molar-refractivity contribution in [2.24, 2.45) is 28.9 Å². The summed E-state index contributed by atoms with van der Waals surface area (Å²) in [4.78, 5) is 2.73. The molecule has 2 N–H and O–H groups in total. The Bertz CT molecular complexity index is 329. The fourth-order valence-corrected chi connectivity index (χ4v) is 6.68. The largest absolute Gasteiger partial charge is 0.326 e. The molecule has 5 fully saturated rings. The van der Waals surface area contributed by atoms with E-state index in [2.05, 4.69) is 11.8 Å². The van der Waals surface area contributed by atoms with Crippen LogP contribution in [-0.2, 0) is 0 Å². The minimum atomic E-state index is 0.447. The Morgan fingerprint density at radius 3 is 2.25 bits per heavy atom. The van der Waals surface area contributed by atoms with Crippen LogP contribution in [0.5, 0.6) is 0 Å². The average Bonchev–Trinajstić information content (AvgIpc) is 2.84. The molecule has 0 aromatic carbocycles. The van der Waals surface area contributed by atoms with Crippen LogP contribution in [0.2, 0.25) is 0 Å². The van der Waals surface area contributed by atoms with Crippen molar-refractivity contribution in [3.05, 3.63) is 0 Å². The van der Waals surface area contributed by atoms with Crippen molar-refractivity contribution in [3.8, 4) is 0 Å². The lowest BCUT2D eigenvalue weighted by Gasteiger charge is -2.59. The van der Waals surface area contributed by atoms with E-state index in [0.717, 1.165) is 23.8 Å². The van der Waals surface area contributed by atoms with E-state index in [1.807, 2.05) is 0 Å². The highest BCUT2D eigenvalue weighted by Gasteiger charge is 2.53. The monoisotopic (exact) mass is 276 g/mol. The molecule has 5 rings (SSSR count). The van der Waals surface area contributed by atoms with E-state index in [0.29, 0.717) is 11.5 Å². The predicted octanol–water partition coefficient (Wildman–Crippen LogP) is 3.40. The summed E-state index contributed by atoms with van der Waals surface area (Å²) in [5.74, 6) is 3.11. The summed E-state index contributed by atoms with van der Waals surface area (Å²) >= 11 is 0. The van der Waals surface area contributed by atoms with Gasteiger partial charge in [0.1, 0.15) is 0 Å². The number of hydrogen-bond acceptors (Lipinski definition) is 2. The van der Waals surface area contributed by atoms with Crippen LogP contribution >= 0.6 is 0 Å². The summed E-state index contributed by atoms with van der Waals surface area (Å²) in [7, 11) is 0. The molecule has 2 unspecified atom stereocenters. The van der Waals surface area contributed by atoms with Crippen molar-refractivity contribution in [2.45, 2.75) is 76.8 Å². The normalized spacial score (nSPS) is 48.9. The van der Waals surface area contributed by atoms with E-state index in [1.165, 1.54) is 70.9 Å². The van der Waals surface area contributed by atoms with Gasteiger partial charge in [-0.3, -0.25) is 4.90 Å². The first-order chi connectivity index (χ1) is 9.68. The Hall–Kier alpha value is -0.0800. The quantitative estimate of drug-likeness (QED) is 0.852. The molecule has 0 radical (unpaired) electrons. The number of hydrogen-bond donors (Lipinski definition) is 1. The summed E-state index contributed by atoms with van der Waals surface area (Å²) < 4.78 is 0. The molecule has 0 spiro atoms. The molecule has 0 amide bonds. The average molecular weight is 276 g/mol. The first-order valence-electron chi connectivity index (χ1n) is 9.18. The summed E-state index contributed by atoms with van der Waals surface area (Å²) in [6.07, 6.45) is 13.1. The lowest BCUT2D eigenvalue weighted by Crippen LogP contribution is -2.58. The number of likely N-dealkylation sites (tertiary alicyclic amines) is 1. The van der Waals surface area contributed by atoms with Crippen LogP contribution in [0.15, 0.2) is 0 Å². The summed E-state index contributed by atoms with van der Waals surface area (Å²) in [6.45, 7) is 4.84. The first-order valence-corrected chi connectivity index (χ1v) is 9.18. The van der Waals surface area contributed by atoms with Crippen LogP contribution < -0.4 is 5.73 Å². The Morgan fingerprint density at radius 2 is 1.70 bits per heavy atom. The highest BCUT2D eigenvalue weighted by Crippen LogP contribution is 2.61. The maximum absolute atomic E-state index is 6.83. The van der Waals surface area contributed by atoms with Gasteiger partial charge in [0.25, 0.3) is 0 Å². The van der Waals surface area contributed by atoms with Crippen molar-refractivity contribution >= 4 is 0 Å². The van der Waals surface area contributed by atoms with Crippen LogP contribution in [0.1, 0.15) is 64.7 Å². The van der Waals surface area contributed by atoms with E-state index in [9.17, 15) is 0 Å². The molecular formula is C18H32N2. The van der Waals surface area contributed by atoms with Crippen molar-refractivity contribution < 1.29 is 0 Å². The highest BCUT2D eigenvalue weighted by atomic mass is 15.2. The van der Waals surface area contributed by atoms with Gasteiger partial charge >= 0.3 is 0 Å². The van der Waals surface area contributed by atoms with Crippen molar-refractivity contribution in [2.75, 3.05) is 13.1 Å². The fraction of sp³-hybridized carbons (Fsp3) is 1.00. The van der Waals surface area contributed by atoms with Gasteiger partial charge in [0, 0.05) is 18.6 Å². The Balaban J connectivity index is 1.46. The molecule has 4 bridgehead atoms. The summed E-state index contributed by atoms with van der Waals surface area (Å²) in [5, 5.41) is 0. The van der Waals surface area contributed by atoms with E-state index < -0.39 is 0 Å². The minimum Gasteiger partial charge on any atom is -0.326 e. The second kappa shape index (κ2) is 4.98. The first kappa shape index (κ1) is 13.6. The molecule has 0 aromatic rings. The van der Waals surface area contributed by atoms with Gasteiger partial charge in [0.15, 0.2) is 0 Å². The van der Waals surface area contributed by atoms with E-state index >= 15 is 0 Å². The second-order valence-corrected chi connectivity index (χ2v) is 8.59. The van der Waals surface area contributed by atoms with Crippen LogP contribution in [0.25, 0.3) is 0 Å². The van der Waals surface area contributed by atoms with E-state index in [4.69, 9.17) is 5.73 Å². The van der Waals surface area contributed by atoms with Gasteiger partial charge in [-0.05, 0) is 87.5 Å². The zero-order valence-corrected chi connectivity index (χ0v) is 13.2. The molecule has 20 heavy (non-hydrogen) atoms. The summed E-state index contributed by atoms with van der Waals surface area (Å²) in [5.41, 5.74) is 7.37. The lowest BCUT2D eigenvalue weighted by atomic mass is 9.48. The maximum atomic E-state index is 6.83. The van der Waals surface area contributed by atoms with Gasteiger partial charge in [-0.15, -0.1) is 0 Å². The predicted molar refractivity (Wildman–Crippen MR) is 83.5 cm³/mol.